The Morgan fingerprint density at radius 3 is 2.57 bits per heavy atom. The molecule has 0 bridgehead atoms. The zero-order chi connectivity index (χ0) is 11.0. The van der Waals surface area contributed by atoms with Gasteiger partial charge < -0.3 is 5.73 Å². The predicted molar refractivity (Wildman–Crippen MR) is 59.7 cm³/mol. The normalized spacial score (nSPS) is 14.4. The first-order valence-electron chi connectivity index (χ1n) is 5.29. The number of hydrogen-bond acceptors (Lipinski definition) is 2. The van der Waals surface area contributed by atoms with Crippen molar-refractivity contribution in [3.8, 4) is 12.3 Å². The first-order valence-corrected chi connectivity index (χ1v) is 5.29. The van der Waals surface area contributed by atoms with E-state index in [1.807, 2.05) is 13.8 Å². The highest BCUT2D eigenvalue weighted by Gasteiger charge is 2.11. The second kappa shape index (κ2) is 7.58. The lowest BCUT2D eigenvalue weighted by molar-refractivity contribution is -0.122. The molecule has 2 N–H and O–H groups in total. The number of carbonyl (C=O) groups excluding carboxylic acids is 1. The van der Waals surface area contributed by atoms with Crippen LogP contribution in [0.3, 0.4) is 0 Å². The summed E-state index contributed by atoms with van der Waals surface area (Å²) < 4.78 is 0. The fourth-order valence-corrected chi connectivity index (χ4v) is 1.35. The maximum absolute atomic E-state index is 11.5. The van der Waals surface area contributed by atoms with Gasteiger partial charge in [-0.15, -0.1) is 12.3 Å². The number of carbonyl (C=O) groups is 1. The molecule has 2 unspecified atom stereocenters. The van der Waals surface area contributed by atoms with Crippen molar-refractivity contribution in [2.45, 2.75) is 52.0 Å². The van der Waals surface area contributed by atoms with Crippen LogP contribution >= 0.6 is 0 Å². The quantitative estimate of drug-likeness (QED) is 0.632. The third kappa shape index (κ3) is 6.68. The van der Waals surface area contributed by atoms with Crippen LogP contribution in [0.15, 0.2) is 0 Å². The molecule has 0 radical (unpaired) electrons. The predicted octanol–water partition coefficient (Wildman–Crippen LogP) is 2.12. The summed E-state index contributed by atoms with van der Waals surface area (Å²) in [5, 5.41) is 0. The average Bonchev–Trinajstić information content (AvgIpc) is 2.13. The van der Waals surface area contributed by atoms with Gasteiger partial charge in [-0.3, -0.25) is 4.79 Å². The topological polar surface area (TPSA) is 43.1 Å². The molecule has 0 saturated carbocycles. The van der Waals surface area contributed by atoms with Gasteiger partial charge in [0.15, 0.2) is 0 Å². The molecule has 0 aromatic heterocycles. The van der Waals surface area contributed by atoms with Gasteiger partial charge in [-0.25, -0.2) is 0 Å². The lowest BCUT2D eigenvalue weighted by atomic mass is 9.95. The van der Waals surface area contributed by atoms with E-state index >= 15 is 0 Å². The van der Waals surface area contributed by atoms with Crippen molar-refractivity contribution in [1.82, 2.24) is 0 Å². The van der Waals surface area contributed by atoms with E-state index in [-0.39, 0.29) is 17.7 Å². The smallest absolute Gasteiger partial charge is 0.136 e. The zero-order valence-corrected chi connectivity index (χ0v) is 9.25. The number of nitrogens with two attached hydrogens (primary N) is 1. The number of hydrogen-bond donors (Lipinski definition) is 1. The molecule has 14 heavy (non-hydrogen) atoms. The van der Waals surface area contributed by atoms with Gasteiger partial charge in [0.2, 0.25) is 0 Å². The van der Waals surface area contributed by atoms with E-state index in [0.29, 0.717) is 12.8 Å². The van der Waals surface area contributed by atoms with E-state index in [2.05, 4.69) is 5.92 Å². The summed E-state index contributed by atoms with van der Waals surface area (Å²) in [4.78, 5) is 11.5. The third-order valence-corrected chi connectivity index (χ3v) is 2.36. The Hall–Kier alpha value is -0.810. The minimum Gasteiger partial charge on any atom is -0.328 e. The molecule has 0 rings (SSSR count). The molecule has 0 fully saturated rings. The molecule has 0 aliphatic carbocycles. The highest BCUT2D eigenvalue weighted by molar-refractivity contribution is 5.80. The first-order chi connectivity index (χ1) is 6.57. The summed E-state index contributed by atoms with van der Waals surface area (Å²) in [5.74, 6) is 2.91. The Morgan fingerprint density at radius 1 is 1.43 bits per heavy atom. The van der Waals surface area contributed by atoms with Crippen LogP contribution < -0.4 is 5.73 Å². The molecule has 0 amide bonds. The molecule has 0 aliphatic heterocycles. The lowest BCUT2D eigenvalue weighted by Gasteiger charge is -2.10. The highest BCUT2D eigenvalue weighted by Crippen LogP contribution is 2.12. The minimum atomic E-state index is 0.141. The minimum absolute atomic E-state index is 0.141. The summed E-state index contributed by atoms with van der Waals surface area (Å²) >= 11 is 0. The molecule has 2 atom stereocenters. The maximum atomic E-state index is 11.5. The summed E-state index contributed by atoms with van der Waals surface area (Å²) in [6.45, 7) is 3.96. The maximum Gasteiger partial charge on any atom is 0.136 e. The Labute approximate surface area is 87.3 Å². The zero-order valence-electron chi connectivity index (χ0n) is 9.25. The molecule has 0 aliphatic rings. The van der Waals surface area contributed by atoms with Crippen molar-refractivity contribution in [3.63, 3.8) is 0 Å². The molecular formula is C12H21NO. The van der Waals surface area contributed by atoms with Gasteiger partial charge in [-0.1, -0.05) is 13.3 Å². The summed E-state index contributed by atoms with van der Waals surface area (Å²) in [7, 11) is 0. The van der Waals surface area contributed by atoms with E-state index in [4.69, 9.17) is 12.2 Å². The molecule has 0 spiro atoms. The van der Waals surface area contributed by atoms with Gasteiger partial charge in [0.25, 0.3) is 0 Å². The number of terminal acetylenes is 1. The van der Waals surface area contributed by atoms with Crippen LogP contribution in [-0.2, 0) is 4.79 Å². The van der Waals surface area contributed by atoms with E-state index in [1.165, 1.54) is 0 Å². The van der Waals surface area contributed by atoms with Gasteiger partial charge in [-0.05, 0) is 19.8 Å². The molecule has 0 saturated heterocycles. The van der Waals surface area contributed by atoms with Crippen LogP contribution in [0, 0.1) is 18.3 Å². The van der Waals surface area contributed by atoms with E-state index in [9.17, 15) is 4.79 Å². The molecule has 0 aromatic rings. The second-order valence-electron chi connectivity index (χ2n) is 3.98. The molecule has 0 heterocycles. The molecule has 2 heteroatoms. The van der Waals surface area contributed by atoms with Crippen molar-refractivity contribution >= 4 is 5.78 Å². The van der Waals surface area contributed by atoms with E-state index in [1.54, 1.807) is 0 Å². The Balaban J connectivity index is 3.58. The monoisotopic (exact) mass is 195 g/mol. The van der Waals surface area contributed by atoms with Gasteiger partial charge in [0.05, 0.1) is 0 Å². The molecule has 0 aromatic carbocycles. The Bertz CT molecular complexity index is 203. The SMILES string of the molecule is C#CCCC(=O)C(C)CCCC(C)N. The molecule has 2 nitrogen and oxygen atoms in total. The van der Waals surface area contributed by atoms with Gasteiger partial charge in [0.1, 0.15) is 5.78 Å². The van der Waals surface area contributed by atoms with Crippen molar-refractivity contribution < 1.29 is 4.79 Å². The Kier molecular flexibility index (Phi) is 7.14. The average molecular weight is 195 g/mol. The fraction of sp³-hybridized carbons (Fsp3) is 0.750. The summed E-state index contributed by atoms with van der Waals surface area (Å²) in [6, 6.07) is 0.239. The fourth-order valence-electron chi connectivity index (χ4n) is 1.35. The van der Waals surface area contributed by atoms with Gasteiger partial charge >= 0.3 is 0 Å². The van der Waals surface area contributed by atoms with E-state index in [0.717, 1.165) is 19.3 Å². The third-order valence-electron chi connectivity index (χ3n) is 2.36. The van der Waals surface area contributed by atoms with E-state index < -0.39 is 0 Å². The van der Waals surface area contributed by atoms with Crippen LogP contribution in [0.4, 0.5) is 0 Å². The van der Waals surface area contributed by atoms with Crippen molar-refractivity contribution in [1.29, 1.82) is 0 Å². The molecule has 80 valence electrons. The van der Waals surface area contributed by atoms with Crippen LogP contribution in [-0.4, -0.2) is 11.8 Å². The highest BCUT2D eigenvalue weighted by atomic mass is 16.1. The van der Waals surface area contributed by atoms with Crippen LogP contribution in [0.5, 0.6) is 0 Å². The largest absolute Gasteiger partial charge is 0.328 e. The number of ketones is 1. The van der Waals surface area contributed by atoms with Crippen molar-refractivity contribution in [2.75, 3.05) is 0 Å². The molecular weight excluding hydrogens is 174 g/mol. The van der Waals surface area contributed by atoms with Crippen LogP contribution in [0.1, 0.15) is 46.0 Å². The second-order valence-corrected chi connectivity index (χ2v) is 3.98. The lowest BCUT2D eigenvalue weighted by Crippen LogP contribution is -2.16. The number of Topliss-reactive ketones (excluding diaryl/α,β-unsaturated/α-hetero) is 1. The number of rotatable bonds is 7. The van der Waals surface area contributed by atoms with Gasteiger partial charge in [0, 0.05) is 24.8 Å². The standard InChI is InChI=1S/C12H21NO/c1-4-5-9-12(14)10(2)7-6-8-11(3)13/h1,10-11H,5-9,13H2,2-3H3. The summed E-state index contributed by atoms with van der Waals surface area (Å²) in [6.07, 6.45) is 9.14. The van der Waals surface area contributed by atoms with Gasteiger partial charge in [-0.2, -0.15) is 0 Å². The van der Waals surface area contributed by atoms with Crippen LogP contribution in [0.25, 0.3) is 0 Å². The van der Waals surface area contributed by atoms with Crippen molar-refractivity contribution in [2.24, 2.45) is 11.7 Å². The first kappa shape index (κ1) is 13.2. The van der Waals surface area contributed by atoms with Crippen molar-refractivity contribution in [3.05, 3.63) is 0 Å². The summed E-state index contributed by atoms with van der Waals surface area (Å²) in [5.41, 5.74) is 5.62. The van der Waals surface area contributed by atoms with Crippen LogP contribution in [0.2, 0.25) is 0 Å². The Morgan fingerprint density at radius 2 is 2.07 bits per heavy atom.